The van der Waals surface area contributed by atoms with Gasteiger partial charge in [-0.15, -0.1) is 0 Å². The van der Waals surface area contributed by atoms with Crippen molar-refractivity contribution >= 4 is 37.6 Å². The molecule has 0 aliphatic carbocycles. The van der Waals surface area contributed by atoms with Crippen LogP contribution < -0.4 is 9.46 Å². The van der Waals surface area contributed by atoms with Crippen LogP contribution in [0.25, 0.3) is 21.7 Å². The fourth-order valence-electron chi connectivity index (χ4n) is 5.46. The smallest absolute Gasteiger partial charge is 0.265 e. The average Bonchev–Trinajstić information content (AvgIpc) is 3.33. The van der Waals surface area contributed by atoms with E-state index in [0.29, 0.717) is 17.7 Å². The normalized spacial score (nSPS) is 11.6. The van der Waals surface area contributed by atoms with Crippen molar-refractivity contribution in [2.45, 2.75) is 24.8 Å². The number of nitrogens with one attached hydrogen (secondary N) is 1. The molecule has 0 radical (unpaired) electrons. The summed E-state index contributed by atoms with van der Waals surface area (Å²) >= 11 is 0. The van der Waals surface area contributed by atoms with Gasteiger partial charge in [0.25, 0.3) is 15.9 Å². The van der Waals surface area contributed by atoms with Gasteiger partial charge in [-0.1, -0.05) is 78.9 Å². The minimum absolute atomic E-state index is 0.0713. The van der Waals surface area contributed by atoms with Crippen molar-refractivity contribution in [3.05, 3.63) is 143 Å². The van der Waals surface area contributed by atoms with E-state index < -0.39 is 15.9 Å². The van der Waals surface area contributed by atoms with Gasteiger partial charge in [0.15, 0.2) is 0 Å². The quantitative estimate of drug-likeness (QED) is 0.215. The molecule has 0 saturated carbocycles. The second kappa shape index (κ2) is 11.2. The zero-order valence-electron chi connectivity index (χ0n) is 23.4. The van der Waals surface area contributed by atoms with Crippen LogP contribution in [0, 0.1) is 6.92 Å². The average molecular weight is 575 g/mol. The Morgan fingerprint density at radius 2 is 1.55 bits per heavy atom. The molecule has 0 bridgehead atoms. The molecule has 6 nitrogen and oxygen atoms in total. The molecule has 5 aromatic carbocycles. The highest BCUT2D eigenvalue weighted by Crippen LogP contribution is 2.29. The van der Waals surface area contributed by atoms with Crippen molar-refractivity contribution in [1.82, 2.24) is 9.29 Å². The van der Waals surface area contributed by atoms with Crippen molar-refractivity contribution in [2.24, 2.45) is 0 Å². The van der Waals surface area contributed by atoms with Crippen LogP contribution in [0.2, 0.25) is 0 Å². The van der Waals surface area contributed by atoms with E-state index in [1.54, 1.807) is 44.4 Å². The van der Waals surface area contributed by atoms with Gasteiger partial charge in [0, 0.05) is 35.6 Å². The SMILES string of the molecule is COc1cc(C(=O)NS(=O)(=O)c2ccccc2C)ccc1Cc1cn(Cc2ccc3ccccc3c2)c2ccccc12. The minimum atomic E-state index is -4.02. The number of amides is 1. The Morgan fingerprint density at radius 1 is 0.810 bits per heavy atom. The highest BCUT2D eigenvalue weighted by Gasteiger charge is 2.21. The largest absolute Gasteiger partial charge is 0.496 e. The first kappa shape index (κ1) is 27.3. The van der Waals surface area contributed by atoms with Gasteiger partial charge in [-0.2, -0.15) is 0 Å². The van der Waals surface area contributed by atoms with Gasteiger partial charge in [-0.3, -0.25) is 4.79 Å². The standard InChI is InChI=1S/C35H30N2O4S/c1-24-9-3-8-14-34(24)42(39,40)36-35(38)29-18-17-28(33(21-29)41-2)20-30-23-37(32-13-7-6-12-31(30)32)22-25-15-16-26-10-4-5-11-27(26)19-25/h3-19,21,23H,20,22H2,1-2H3,(H,36,38). The van der Waals surface area contributed by atoms with Gasteiger partial charge in [-0.25, -0.2) is 13.1 Å². The van der Waals surface area contributed by atoms with Crippen LogP contribution in [-0.4, -0.2) is 26.0 Å². The molecule has 0 fully saturated rings. The number of hydrogen-bond acceptors (Lipinski definition) is 4. The van der Waals surface area contributed by atoms with Crippen molar-refractivity contribution in [1.29, 1.82) is 0 Å². The second-order valence-corrected chi connectivity index (χ2v) is 12.0. The van der Waals surface area contributed by atoms with Crippen LogP contribution in [0.1, 0.15) is 32.6 Å². The first-order valence-corrected chi connectivity index (χ1v) is 15.1. The predicted octanol–water partition coefficient (Wildman–Crippen LogP) is 6.87. The first-order chi connectivity index (χ1) is 20.3. The van der Waals surface area contributed by atoms with Crippen LogP contribution in [-0.2, 0) is 23.0 Å². The third-order valence-electron chi connectivity index (χ3n) is 7.58. The number of nitrogens with zero attached hydrogens (tertiary/aromatic N) is 1. The molecule has 210 valence electrons. The molecule has 1 amide bonds. The molecule has 6 aromatic rings. The van der Waals surface area contributed by atoms with Crippen molar-refractivity contribution in [3.8, 4) is 5.75 Å². The van der Waals surface area contributed by atoms with Crippen molar-refractivity contribution in [3.63, 3.8) is 0 Å². The van der Waals surface area contributed by atoms with E-state index >= 15 is 0 Å². The zero-order valence-corrected chi connectivity index (χ0v) is 24.2. The second-order valence-electron chi connectivity index (χ2n) is 10.4. The molecule has 1 heterocycles. The Morgan fingerprint density at radius 3 is 2.36 bits per heavy atom. The summed E-state index contributed by atoms with van der Waals surface area (Å²) in [7, 11) is -2.47. The maximum Gasteiger partial charge on any atom is 0.265 e. The van der Waals surface area contributed by atoms with Gasteiger partial charge < -0.3 is 9.30 Å². The summed E-state index contributed by atoms with van der Waals surface area (Å²) in [5.74, 6) is -0.197. The van der Waals surface area contributed by atoms with E-state index in [4.69, 9.17) is 4.74 Å². The van der Waals surface area contributed by atoms with Gasteiger partial charge in [-0.05, 0) is 70.3 Å². The maximum absolute atomic E-state index is 13.0. The molecule has 7 heteroatoms. The molecule has 0 saturated heterocycles. The Bertz CT molecular complexity index is 2060. The number of methoxy groups -OCH3 is 1. The molecule has 0 aliphatic rings. The third-order valence-corrected chi connectivity index (χ3v) is 9.07. The number of benzene rings is 5. The number of aromatic nitrogens is 1. The lowest BCUT2D eigenvalue weighted by atomic mass is 10.0. The van der Waals surface area contributed by atoms with E-state index in [0.717, 1.165) is 28.6 Å². The summed E-state index contributed by atoms with van der Waals surface area (Å²) in [5.41, 5.74) is 5.14. The van der Waals surface area contributed by atoms with Gasteiger partial charge in [0.2, 0.25) is 0 Å². The molecular formula is C35H30N2O4S. The lowest BCUT2D eigenvalue weighted by Gasteiger charge is -2.12. The highest BCUT2D eigenvalue weighted by molar-refractivity contribution is 7.90. The van der Waals surface area contributed by atoms with Crippen LogP contribution in [0.5, 0.6) is 5.75 Å². The molecular weight excluding hydrogens is 544 g/mol. The molecule has 6 rings (SSSR count). The molecule has 1 N–H and O–H groups in total. The molecule has 0 atom stereocenters. The molecule has 1 aromatic heterocycles. The van der Waals surface area contributed by atoms with Crippen LogP contribution in [0.4, 0.5) is 0 Å². The molecule has 0 unspecified atom stereocenters. The lowest BCUT2D eigenvalue weighted by Crippen LogP contribution is -2.31. The Labute approximate surface area is 245 Å². The predicted molar refractivity (Wildman–Crippen MR) is 167 cm³/mol. The Hall–Kier alpha value is -4.88. The van der Waals surface area contributed by atoms with Crippen molar-refractivity contribution < 1.29 is 17.9 Å². The summed E-state index contributed by atoms with van der Waals surface area (Å²) in [4.78, 5) is 13.0. The molecule has 0 spiro atoms. The monoisotopic (exact) mass is 574 g/mol. The summed E-state index contributed by atoms with van der Waals surface area (Å²) in [5, 5.41) is 3.58. The van der Waals surface area contributed by atoms with Crippen molar-refractivity contribution in [2.75, 3.05) is 7.11 Å². The zero-order chi connectivity index (χ0) is 29.3. The number of rotatable bonds is 8. The fourth-order valence-corrected chi connectivity index (χ4v) is 6.68. The van der Waals surface area contributed by atoms with Gasteiger partial charge in [0.1, 0.15) is 5.75 Å². The minimum Gasteiger partial charge on any atom is -0.496 e. The summed E-state index contributed by atoms with van der Waals surface area (Å²) < 4.78 is 35.8. The number of hydrogen-bond donors (Lipinski definition) is 1. The van der Waals surface area contributed by atoms with E-state index in [-0.39, 0.29) is 10.5 Å². The van der Waals surface area contributed by atoms with Crippen LogP contribution in [0.15, 0.2) is 120 Å². The number of fused-ring (bicyclic) bond motifs is 2. The fraction of sp³-hybridized carbons (Fsp3) is 0.114. The van der Waals surface area contributed by atoms with Gasteiger partial charge >= 0.3 is 0 Å². The number of carbonyl (C=O) groups excluding carboxylic acids is 1. The number of para-hydroxylation sites is 1. The first-order valence-electron chi connectivity index (χ1n) is 13.7. The number of carbonyl (C=O) groups is 1. The summed E-state index contributed by atoms with van der Waals surface area (Å²) in [6.07, 6.45) is 2.76. The number of aryl methyl sites for hydroxylation is 1. The topological polar surface area (TPSA) is 77.4 Å². The third kappa shape index (κ3) is 5.39. The summed E-state index contributed by atoms with van der Waals surface area (Å²) in [6.45, 7) is 2.42. The lowest BCUT2D eigenvalue weighted by molar-refractivity contribution is 0.0981. The van der Waals surface area contributed by atoms with E-state index in [1.165, 1.54) is 22.4 Å². The van der Waals surface area contributed by atoms with E-state index in [1.807, 2.05) is 18.2 Å². The number of ether oxygens (including phenoxy) is 1. The van der Waals surface area contributed by atoms with Gasteiger partial charge in [0.05, 0.1) is 12.0 Å². The van der Waals surface area contributed by atoms with Crippen LogP contribution in [0.3, 0.4) is 0 Å². The highest BCUT2D eigenvalue weighted by atomic mass is 32.2. The molecule has 42 heavy (non-hydrogen) atoms. The Kier molecular flexibility index (Phi) is 7.27. The molecule has 0 aliphatic heterocycles. The summed E-state index contributed by atoms with van der Waals surface area (Å²) in [6, 6.07) is 34.8. The van der Waals surface area contributed by atoms with E-state index in [9.17, 15) is 13.2 Å². The van der Waals surface area contributed by atoms with Crippen LogP contribution >= 0.6 is 0 Å². The number of sulfonamides is 1. The Balaban J connectivity index is 1.27. The maximum atomic E-state index is 13.0. The van der Waals surface area contributed by atoms with E-state index in [2.05, 4.69) is 70.1 Å².